The first-order valence-corrected chi connectivity index (χ1v) is 6.15. The van der Waals surface area contributed by atoms with E-state index >= 15 is 0 Å². The van der Waals surface area contributed by atoms with E-state index in [-0.39, 0.29) is 17.5 Å². The van der Waals surface area contributed by atoms with Crippen molar-refractivity contribution in [2.45, 2.75) is 19.6 Å². The first-order valence-electron chi connectivity index (χ1n) is 6.15. The van der Waals surface area contributed by atoms with E-state index in [0.29, 0.717) is 5.69 Å². The second-order valence-electron chi connectivity index (χ2n) is 4.36. The van der Waals surface area contributed by atoms with Gasteiger partial charge in [0.15, 0.2) is 0 Å². The molecule has 0 aliphatic carbocycles. The van der Waals surface area contributed by atoms with Crippen LogP contribution in [0, 0.1) is 0 Å². The van der Waals surface area contributed by atoms with Gasteiger partial charge in [0.2, 0.25) is 0 Å². The number of ether oxygens (including phenoxy) is 1. The Kier molecular flexibility index (Phi) is 4.40. The smallest absolute Gasteiger partial charge is 0.387 e. The Bertz CT molecular complexity index is 558. The normalized spacial score (nSPS) is 12.2. The second-order valence-corrected chi connectivity index (χ2v) is 4.36. The number of rotatable bonds is 5. The molecule has 0 amide bonds. The molecule has 0 radical (unpaired) electrons. The first kappa shape index (κ1) is 14.1. The fourth-order valence-electron chi connectivity index (χ4n) is 1.86. The van der Waals surface area contributed by atoms with Crippen molar-refractivity contribution in [2.24, 2.45) is 0 Å². The number of phenolic OH excluding ortho intramolecular Hbond substituents is 1. The monoisotopic (exact) mass is 279 g/mol. The van der Waals surface area contributed by atoms with Crippen molar-refractivity contribution in [3.63, 3.8) is 0 Å². The number of hydrogen-bond acceptors (Lipinski definition) is 3. The molecule has 106 valence electrons. The molecule has 0 bridgehead atoms. The summed E-state index contributed by atoms with van der Waals surface area (Å²) in [5, 5.41) is 12.4. The van der Waals surface area contributed by atoms with Gasteiger partial charge in [0.05, 0.1) is 0 Å². The summed E-state index contributed by atoms with van der Waals surface area (Å²) in [6.07, 6.45) is 0. The molecule has 3 nitrogen and oxygen atoms in total. The third-order valence-corrected chi connectivity index (χ3v) is 2.84. The predicted molar refractivity (Wildman–Crippen MR) is 73.2 cm³/mol. The van der Waals surface area contributed by atoms with Gasteiger partial charge in [-0.3, -0.25) is 0 Å². The highest BCUT2D eigenvalue weighted by Crippen LogP contribution is 2.24. The number of halogens is 2. The van der Waals surface area contributed by atoms with Crippen LogP contribution < -0.4 is 10.1 Å². The number of benzene rings is 2. The molecule has 1 atom stereocenters. The lowest BCUT2D eigenvalue weighted by atomic mass is 10.1. The maximum Gasteiger partial charge on any atom is 0.387 e. The topological polar surface area (TPSA) is 41.5 Å². The Morgan fingerprint density at radius 1 is 1.10 bits per heavy atom. The summed E-state index contributed by atoms with van der Waals surface area (Å²) in [5.74, 6) is 0.316. The van der Waals surface area contributed by atoms with Crippen LogP contribution in [0.3, 0.4) is 0 Å². The van der Waals surface area contributed by atoms with E-state index in [2.05, 4.69) is 10.1 Å². The Hall–Kier alpha value is -2.30. The van der Waals surface area contributed by atoms with Crippen LogP contribution in [0.5, 0.6) is 11.5 Å². The molecule has 2 N–H and O–H groups in total. The first-order chi connectivity index (χ1) is 9.54. The average Bonchev–Trinajstić information content (AvgIpc) is 2.39. The van der Waals surface area contributed by atoms with Gasteiger partial charge in [-0.1, -0.05) is 18.2 Å². The van der Waals surface area contributed by atoms with E-state index in [1.165, 1.54) is 12.1 Å². The summed E-state index contributed by atoms with van der Waals surface area (Å²) < 4.78 is 28.7. The van der Waals surface area contributed by atoms with Gasteiger partial charge >= 0.3 is 6.61 Å². The molecule has 2 aromatic carbocycles. The third-order valence-electron chi connectivity index (χ3n) is 2.84. The summed E-state index contributed by atoms with van der Waals surface area (Å²) in [6, 6.07) is 13.2. The van der Waals surface area contributed by atoms with Crippen LogP contribution in [0.4, 0.5) is 14.5 Å². The standard InChI is InChI=1S/C15H15F2NO2/c1-10(11-5-7-13(19)8-6-11)18-12-3-2-4-14(9-12)20-15(16)17/h2-10,15,18-19H,1H3. The zero-order chi connectivity index (χ0) is 14.5. The molecule has 20 heavy (non-hydrogen) atoms. The van der Waals surface area contributed by atoms with Gasteiger partial charge in [0, 0.05) is 17.8 Å². The molecule has 0 saturated carbocycles. The number of hydrogen-bond donors (Lipinski definition) is 2. The Balaban J connectivity index is 2.07. The van der Waals surface area contributed by atoms with Crippen LogP contribution in [0.1, 0.15) is 18.5 Å². The lowest BCUT2D eigenvalue weighted by Crippen LogP contribution is -2.07. The van der Waals surface area contributed by atoms with Crippen molar-refractivity contribution < 1.29 is 18.6 Å². The lowest BCUT2D eigenvalue weighted by molar-refractivity contribution is -0.0498. The number of phenols is 1. The van der Waals surface area contributed by atoms with Gasteiger partial charge in [-0.2, -0.15) is 8.78 Å². The molecule has 0 aromatic heterocycles. The highest BCUT2D eigenvalue weighted by molar-refractivity contribution is 5.50. The summed E-state index contributed by atoms with van der Waals surface area (Å²) >= 11 is 0. The van der Waals surface area contributed by atoms with Crippen LogP contribution in [0.15, 0.2) is 48.5 Å². The summed E-state index contributed by atoms with van der Waals surface area (Å²) in [7, 11) is 0. The number of aromatic hydroxyl groups is 1. The fraction of sp³-hybridized carbons (Fsp3) is 0.200. The maximum atomic E-state index is 12.2. The molecule has 0 heterocycles. The molecule has 2 rings (SSSR count). The molecule has 2 aromatic rings. The average molecular weight is 279 g/mol. The van der Waals surface area contributed by atoms with E-state index in [1.807, 2.05) is 6.92 Å². The zero-order valence-electron chi connectivity index (χ0n) is 10.9. The van der Waals surface area contributed by atoms with Crippen molar-refractivity contribution in [3.8, 4) is 11.5 Å². The molecular weight excluding hydrogens is 264 g/mol. The van der Waals surface area contributed by atoms with Gasteiger partial charge in [-0.25, -0.2) is 0 Å². The minimum absolute atomic E-state index is 0.0302. The highest BCUT2D eigenvalue weighted by atomic mass is 19.3. The summed E-state index contributed by atoms with van der Waals surface area (Å²) in [6.45, 7) is -0.896. The molecule has 0 aliphatic rings. The molecule has 0 aliphatic heterocycles. The van der Waals surface area contributed by atoms with E-state index in [0.717, 1.165) is 5.56 Å². The summed E-state index contributed by atoms with van der Waals surface area (Å²) in [5.41, 5.74) is 1.66. The molecule has 0 saturated heterocycles. The number of alkyl halides is 2. The highest BCUT2D eigenvalue weighted by Gasteiger charge is 2.08. The van der Waals surface area contributed by atoms with Crippen LogP contribution in [0.25, 0.3) is 0 Å². The van der Waals surface area contributed by atoms with Gasteiger partial charge in [-0.15, -0.1) is 0 Å². The quantitative estimate of drug-likeness (QED) is 0.863. The van der Waals surface area contributed by atoms with Crippen molar-refractivity contribution in [2.75, 3.05) is 5.32 Å². The predicted octanol–water partition coefficient (Wildman–Crippen LogP) is 4.17. The van der Waals surface area contributed by atoms with Gasteiger partial charge in [0.25, 0.3) is 0 Å². The van der Waals surface area contributed by atoms with Crippen LogP contribution in [-0.2, 0) is 0 Å². The number of anilines is 1. The SMILES string of the molecule is CC(Nc1cccc(OC(F)F)c1)c1ccc(O)cc1. The van der Waals surface area contributed by atoms with Gasteiger partial charge in [0.1, 0.15) is 11.5 Å². The third kappa shape index (κ3) is 3.85. The van der Waals surface area contributed by atoms with Crippen molar-refractivity contribution >= 4 is 5.69 Å². The maximum absolute atomic E-state index is 12.2. The Labute approximate surface area is 115 Å². The van der Waals surface area contributed by atoms with E-state index < -0.39 is 6.61 Å². The number of nitrogens with one attached hydrogen (secondary N) is 1. The Morgan fingerprint density at radius 3 is 2.45 bits per heavy atom. The minimum Gasteiger partial charge on any atom is -0.508 e. The van der Waals surface area contributed by atoms with E-state index in [9.17, 15) is 13.9 Å². The second kappa shape index (κ2) is 6.23. The van der Waals surface area contributed by atoms with Crippen molar-refractivity contribution in [1.82, 2.24) is 0 Å². The minimum atomic E-state index is -2.83. The molecule has 0 fully saturated rings. The van der Waals surface area contributed by atoms with Crippen LogP contribution >= 0.6 is 0 Å². The largest absolute Gasteiger partial charge is 0.508 e. The Morgan fingerprint density at radius 2 is 1.80 bits per heavy atom. The fourth-order valence-corrected chi connectivity index (χ4v) is 1.86. The van der Waals surface area contributed by atoms with E-state index in [4.69, 9.17) is 0 Å². The van der Waals surface area contributed by atoms with E-state index in [1.54, 1.807) is 36.4 Å². The zero-order valence-corrected chi connectivity index (χ0v) is 10.9. The molecule has 5 heteroatoms. The molecule has 0 spiro atoms. The van der Waals surface area contributed by atoms with Gasteiger partial charge < -0.3 is 15.2 Å². The lowest BCUT2D eigenvalue weighted by Gasteiger charge is -2.16. The summed E-state index contributed by atoms with van der Waals surface area (Å²) in [4.78, 5) is 0. The van der Waals surface area contributed by atoms with Gasteiger partial charge in [-0.05, 0) is 36.8 Å². The van der Waals surface area contributed by atoms with Crippen molar-refractivity contribution in [1.29, 1.82) is 0 Å². The molecule has 1 unspecified atom stereocenters. The van der Waals surface area contributed by atoms with Crippen LogP contribution in [0.2, 0.25) is 0 Å². The van der Waals surface area contributed by atoms with Crippen molar-refractivity contribution in [3.05, 3.63) is 54.1 Å². The van der Waals surface area contributed by atoms with Crippen LogP contribution in [-0.4, -0.2) is 11.7 Å². The molecular formula is C15H15F2NO2.